The number of hydrogen-bond acceptors (Lipinski definition) is 6. The van der Waals surface area contributed by atoms with Crippen LogP contribution >= 0.6 is 11.3 Å². The van der Waals surface area contributed by atoms with Crippen molar-refractivity contribution in [3.8, 4) is 0 Å². The highest BCUT2D eigenvalue weighted by atomic mass is 32.2. The van der Waals surface area contributed by atoms with Crippen LogP contribution in [0.2, 0.25) is 0 Å². The Morgan fingerprint density at radius 1 is 1.06 bits per heavy atom. The zero-order chi connectivity index (χ0) is 22.4. The number of hydrogen-bond donors (Lipinski definition) is 2. The maximum Gasteiger partial charge on any atom is 0.269 e. The summed E-state index contributed by atoms with van der Waals surface area (Å²) in [6.45, 7) is 6.42. The Kier molecular flexibility index (Phi) is 7.53. The summed E-state index contributed by atoms with van der Waals surface area (Å²) < 4.78 is 27.3. The maximum atomic E-state index is 12.5. The SMILES string of the molecule is Cc1ccccc1C(=O)Nc1nnc(S(=O)(=O)NCCCc2ccc(C(C)C)cc2)s1. The third-order valence-corrected chi connectivity index (χ3v) is 7.49. The van der Waals surface area contributed by atoms with Crippen molar-refractivity contribution < 1.29 is 13.2 Å². The van der Waals surface area contributed by atoms with E-state index in [1.165, 1.54) is 11.1 Å². The van der Waals surface area contributed by atoms with Crippen LogP contribution in [0.4, 0.5) is 5.13 Å². The van der Waals surface area contributed by atoms with E-state index in [1.54, 1.807) is 12.1 Å². The molecule has 9 heteroatoms. The minimum absolute atomic E-state index is 0.138. The van der Waals surface area contributed by atoms with Crippen LogP contribution in [0.5, 0.6) is 0 Å². The van der Waals surface area contributed by atoms with Crippen LogP contribution in [0.15, 0.2) is 52.9 Å². The fraction of sp³-hybridized carbons (Fsp3) is 0.318. The van der Waals surface area contributed by atoms with Crippen molar-refractivity contribution in [1.82, 2.24) is 14.9 Å². The highest BCUT2D eigenvalue weighted by Gasteiger charge is 2.21. The highest BCUT2D eigenvalue weighted by Crippen LogP contribution is 2.21. The Labute approximate surface area is 187 Å². The van der Waals surface area contributed by atoms with Crippen LogP contribution in [0.25, 0.3) is 0 Å². The van der Waals surface area contributed by atoms with E-state index >= 15 is 0 Å². The van der Waals surface area contributed by atoms with Crippen molar-refractivity contribution in [3.05, 3.63) is 70.8 Å². The monoisotopic (exact) mass is 458 g/mol. The van der Waals surface area contributed by atoms with Gasteiger partial charge in [-0.15, -0.1) is 10.2 Å². The van der Waals surface area contributed by atoms with Gasteiger partial charge in [-0.25, -0.2) is 13.1 Å². The van der Waals surface area contributed by atoms with Gasteiger partial charge in [0.2, 0.25) is 9.47 Å². The van der Waals surface area contributed by atoms with Gasteiger partial charge in [-0.1, -0.05) is 67.6 Å². The molecule has 3 rings (SSSR count). The number of nitrogens with one attached hydrogen (secondary N) is 2. The Morgan fingerprint density at radius 2 is 1.77 bits per heavy atom. The largest absolute Gasteiger partial charge is 0.296 e. The molecule has 164 valence electrons. The Hall–Kier alpha value is -2.62. The quantitative estimate of drug-likeness (QED) is 0.371. The Morgan fingerprint density at radius 3 is 2.45 bits per heavy atom. The smallest absolute Gasteiger partial charge is 0.269 e. The summed E-state index contributed by atoms with van der Waals surface area (Å²) in [6.07, 6.45) is 1.44. The van der Waals surface area contributed by atoms with Crippen molar-refractivity contribution in [2.24, 2.45) is 0 Å². The number of amides is 1. The number of nitrogens with zero attached hydrogens (tertiary/aromatic N) is 2. The highest BCUT2D eigenvalue weighted by molar-refractivity contribution is 7.91. The number of anilines is 1. The average molecular weight is 459 g/mol. The van der Waals surface area contributed by atoms with E-state index in [0.717, 1.165) is 23.3 Å². The summed E-state index contributed by atoms with van der Waals surface area (Å²) in [5, 5.41) is 10.3. The van der Waals surface area contributed by atoms with Crippen LogP contribution in [0.3, 0.4) is 0 Å². The van der Waals surface area contributed by atoms with Crippen molar-refractivity contribution >= 4 is 32.4 Å². The van der Waals surface area contributed by atoms with Crippen LogP contribution in [0.1, 0.15) is 53.2 Å². The topological polar surface area (TPSA) is 101 Å². The summed E-state index contributed by atoms with van der Waals surface area (Å²) in [4.78, 5) is 12.4. The van der Waals surface area contributed by atoms with Gasteiger partial charge >= 0.3 is 0 Å². The number of sulfonamides is 1. The van der Waals surface area contributed by atoms with Crippen LogP contribution in [0, 0.1) is 6.92 Å². The predicted molar refractivity (Wildman–Crippen MR) is 123 cm³/mol. The molecule has 0 saturated heterocycles. The van der Waals surface area contributed by atoms with E-state index in [9.17, 15) is 13.2 Å². The number of carbonyl (C=O) groups excluding carboxylic acids is 1. The normalized spacial score (nSPS) is 11.6. The molecule has 0 bridgehead atoms. The van der Waals surface area contributed by atoms with E-state index in [1.807, 2.05) is 19.1 Å². The van der Waals surface area contributed by atoms with Gasteiger partial charge in [0.15, 0.2) is 0 Å². The molecule has 0 aliphatic heterocycles. The summed E-state index contributed by atoms with van der Waals surface area (Å²) >= 11 is 0.823. The second-order valence-corrected chi connectivity index (χ2v) is 10.5. The number of carbonyl (C=O) groups is 1. The second kappa shape index (κ2) is 10.1. The second-order valence-electron chi connectivity index (χ2n) is 7.54. The van der Waals surface area contributed by atoms with Crippen LogP contribution in [-0.2, 0) is 16.4 Å². The van der Waals surface area contributed by atoms with Crippen molar-refractivity contribution in [2.75, 3.05) is 11.9 Å². The number of benzene rings is 2. The summed E-state index contributed by atoms with van der Waals surface area (Å²) in [6, 6.07) is 15.5. The molecular weight excluding hydrogens is 432 g/mol. The molecule has 31 heavy (non-hydrogen) atoms. The van der Waals surface area contributed by atoms with Gasteiger partial charge in [0.1, 0.15) is 0 Å². The molecule has 2 aromatic carbocycles. The lowest BCUT2D eigenvalue weighted by atomic mass is 10.0. The molecule has 0 atom stereocenters. The lowest BCUT2D eigenvalue weighted by Gasteiger charge is -2.07. The molecule has 0 spiro atoms. The molecule has 0 saturated carbocycles. The number of rotatable bonds is 9. The third kappa shape index (κ3) is 6.19. The van der Waals surface area contributed by atoms with Gasteiger partial charge in [-0.05, 0) is 48.4 Å². The molecule has 3 aromatic rings. The first-order valence-corrected chi connectivity index (χ1v) is 12.4. The standard InChI is InChI=1S/C22H26N4O3S2/c1-15(2)18-12-10-17(11-13-18)8-6-14-23-31(28,29)22-26-25-21(30-22)24-20(27)19-9-5-4-7-16(19)3/h4-5,7,9-13,15,23H,6,8,14H2,1-3H3,(H,24,25,27). The lowest BCUT2D eigenvalue weighted by molar-refractivity contribution is 0.102. The van der Waals surface area contributed by atoms with Crippen LogP contribution in [-0.4, -0.2) is 31.1 Å². The molecule has 0 aliphatic carbocycles. The van der Waals surface area contributed by atoms with E-state index in [2.05, 4.69) is 58.3 Å². The number of aromatic nitrogens is 2. The third-order valence-electron chi connectivity index (χ3n) is 4.83. The fourth-order valence-electron chi connectivity index (χ4n) is 2.99. The minimum atomic E-state index is -3.78. The van der Waals surface area contributed by atoms with Gasteiger partial charge in [0, 0.05) is 12.1 Å². The molecule has 1 heterocycles. The summed E-state index contributed by atoms with van der Waals surface area (Å²) in [5.74, 6) is 0.133. The van der Waals surface area contributed by atoms with Gasteiger partial charge in [0.25, 0.3) is 15.9 Å². The zero-order valence-electron chi connectivity index (χ0n) is 17.8. The Balaban J connectivity index is 1.52. The molecule has 0 fully saturated rings. The average Bonchev–Trinajstić information content (AvgIpc) is 3.21. The van der Waals surface area contributed by atoms with Gasteiger partial charge in [0.05, 0.1) is 0 Å². The zero-order valence-corrected chi connectivity index (χ0v) is 19.4. The molecule has 1 amide bonds. The van der Waals surface area contributed by atoms with E-state index in [0.29, 0.717) is 24.4 Å². The lowest BCUT2D eigenvalue weighted by Crippen LogP contribution is -2.25. The van der Waals surface area contributed by atoms with E-state index in [-0.39, 0.29) is 15.4 Å². The van der Waals surface area contributed by atoms with Crippen molar-refractivity contribution in [2.45, 2.75) is 43.9 Å². The predicted octanol–water partition coefficient (Wildman–Crippen LogP) is 4.13. The first-order valence-electron chi connectivity index (χ1n) is 10.1. The van der Waals surface area contributed by atoms with Gasteiger partial charge in [-0.2, -0.15) is 0 Å². The molecule has 0 unspecified atom stereocenters. The molecule has 0 radical (unpaired) electrons. The molecule has 2 N–H and O–H groups in total. The summed E-state index contributed by atoms with van der Waals surface area (Å²) in [7, 11) is -3.78. The van der Waals surface area contributed by atoms with E-state index in [4.69, 9.17) is 0 Å². The molecular formula is C22H26N4O3S2. The molecule has 0 aliphatic rings. The van der Waals surface area contributed by atoms with Crippen molar-refractivity contribution in [3.63, 3.8) is 0 Å². The number of aryl methyl sites for hydroxylation is 2. The summed E-state index contributed by atoms with van der Waals surface area (Å²) in [5.41, 5.74) is 3.77. The van der Waals surface area contributed by atoms with E-state index < -0.39 is 10.0 Å². The fourth-order valence-corrected chi connectivity index (χ4v) is 5.00. The van der Waals surface area contributed by atoms with Gasteiger partial charge < -0.3 is 0 Å². The molecule has 7 nitrogen and oxygen atoms in total. The maximum absolute atomic E-state index is 12.5. The van der Waals surface area contributed by atoms with Crippen molar-refractivity contribution in [1.29, 1.82) is 0 Å². The first kappa shape index (κ1) is 23.1. The minimum Gasteiger partial charge on any atom is -0.296 e. The first-order chi connectivity index (χ1) is 14.8. The molecule has 1 aromatic heterocycles. The Bertz CT molecular complexity index is 1140. The van der Waals surface area contributed by atoms with Crippen LogP contribution < -0.4 is 10.0 Å². The van der Waals surface area contributed by atoms with Gasteiger partial charge in [-0.3, -0.25) is 10.1 Å².